The quantitative estimate of drug-likeness (QED) is 0.490. The lowest BCUT2D eigenvalue weighted by atomic mass is 9.94. The summed E-state index contributed by atoms with van der Waals surface area (Å²) in [6, 6.07) is 3.75. The third-order valence-corrected chi connectivity index (χ3v) is 3.40. The van der Waals surface area contributed by atoms with Gasteiger partial charge in [-0.1, -0.05) is 12.2 Å². The van der Waals surface area contributed by atoms with Crippen LogP contribution in [0.2, 0.25) is 0 Å². The van der Waals surface area contributed by atoms with Gasteiger partial charge in [-0.15, -0.1) is 0 Å². The highest BCUT2D eigenvalue weighted by Crippen LogP contribution is 2.24. The molecule has 0 radical (unpaired) electrons. The Bertz CT molecular complexity index is 554. The first kappa shape index (κ1) is 14.0. The van der Waals surface area contributed by atoms with Gasteiger partial charge in [0.25, 0.3) is 5.69 Å². The first-order chi connectivity index (χ1) is 9.58. The van der Waals surface area contributed by atoms with Gasteiger partial charge in [0.05, 0.1) is 16.2 Å². The maximum absolute atomic E-state index is 11.1. The number of carbonyl (C=O) groups is 1. The maximum atomic E-state index is 11.1. The van der Waals surface area contributed by atoms with Crippen LogP contribution in [0, 0.1) is 16.0 Å². The minimum atomic E-state index is -1.09. The summed E-state index contributed by atoms with van der Waals surface area (Å²) in [5.74, 6) is -0.660. The number of carboxylic acid groups (broad SMARTS) is 1. The number of carboxylic acids is 1. The van der Waals surface area contributed by atoms with Crippen LogP contribution in [0.15, 0.2) is 30.4 Å². The summed E-state index contributed by atoms with van der Waals surface area (Å²) in [7, 11) is 0. The number of hydrogen-bond acceptors (Lipinski definition) is 4. The van der Waals surface area contributed by atoms with Crippen molar-refractivity contribution in [1.82, 2.24) is 0 Å². The molecule has 1 aromatic rings. The second-order valence-electron chi connectivity index (χ2n) is 4.82. The smallest absolute Gasteiger partial charge is 0.337 e. The van der Waals surface area contributed by atoms with E-state index in [1.54, 1.807) is 0 Å². The summed E-state index contributed by atoms with van der Waals surface area (Å²) >= 11 is 0. The Morgan fingerprint density at radius 2 is 2.25 bits per heavy atom. The van der Waals surface area contributed by atoms with E-state index in [4.69, 9.17) is 5.11 Å². The summed E-state index contributed by atoms with van der Waals surface area (Å²) in [4.78, 5) is 21.4. The molecule has 0 heterocycles. The van der Waals surface area contributed by atoms with Crippen LogP contribution in [-0.2, 0) is 0 Å². The summed E-state index contributed by atoms with van der Waals surface area (Å²) in [5.41, 5.74) is 0.254. The van der Waals surface area contributed by atoms with Crippen LogP contribution in [0.25, 0.3) is 0 Å². The van der Waals surface area contributed by atoms with E-state index >= 15 is 0 Å². The van der Waals surface area contributed by atoms with Gasteiger partial charge in [0, 0.05) is 18.7 Å². The Hall–Kier alpha value is -2.37. The van der Waals surface area contributed by atoms with Crippen LogP contribution in [0.3, 0.4) is 0 Å². The molecule has 2 rings (SSSR count). The minimum absolute atomic E-state index is 0.0574. The van der Waals surface area contributed by atoms with Gasteiger partial charge in [0.1, 0.15) is 0 Å². The fourth-order valence-corrected chi connectivity index (χ4v) is 2.27. The number of allylic oxidation sites excluding steroid dienone is 2. The first-order valence-corrected chi connectivity index (χ1v) is 6.48. The van der Waals surface area contributed by atoms with Gasteiger partial charge in [-0.25, -0.2) is 4.79 Å². The van der Waals surface area contributed by atoms with Crippen LogP contribution < -0.4 is 5.32 Å². The summed E-state index contributed by atoms with van der Waals surface area (Å²) in [6.45, 7) is 0.617. The molecule has 0 amide bonds. The molecule has 0 aliphatic heterocycles. The standard InChI is InChI=1S/C14H16N2O4/c17-14(18)12-7-6-11(16(19)20)8-13(12)15-9-10-4-2-1-3-5-10/h1-2,6-8,10,15H,3-5,9H2,(H,17,18). The fourth-order valence-electron chi connectivity index (χ4n) is 2.27. The van der Waals surface area contributed by atoms with Gasteiger partial charge in [-0.3, -0.25) is 10.1 Å². The zero-order valence-corrected chi connectivity index (χ0v) is 10.9. The second-order valence-corrected chi connectivity index (χ2v) is 4.82. The van der Waals surface area contributed by atoms with Gasteiger partial charge in [0.15, 0.2) is 0 Å². The second kappa shape index (κ2) is 6.18. The molecule has 1 aliphatic rings. The normalized spacial score (nSPS) is 17.7. The maximum Gasteiger partial charge on any atom is 0.337 e. The van der Waals surface area contributed by atoms with E-state index in [0.29, 0.717) is 18.2 Å². The third-order valence-electron chi connectivity index (χ3n) is 3.40. The number of anilines is 1. The van der Waals surface area contributed by atoms with Crippen molar-refractivity contribution in [3.63, 3.8) is 0 Å². The Labute approximate surface area is 116 Å². The number of non-ortho nitro benzene ring substituents is 1. The van der Waals surface area contributed by atoms with Gasteiger partial charge >= 0.3 is 5.97 Å². The van der Waals surface area contributed by atoms with E-state index in [1.165, 1.54) is 18.2 Å². The summed E-state index contributed by atoms with van der Waals surface area (Å²) in [6.07, 6.45) is 7.26. The molecule has 0 saturated carbocycles. The van der Waals surface area contributed by atoms with Crippen LogP contribution in [0.1, 0.15) is 29.6 Å². The van der Waals surface area contributed by atoms with Crippen molar-refractivity contribution in [3.05, 3.63) is 46.0 Å². The van der Waals surface area contributed by atoms with E-state index in [2.05, 4.69) is 17.5 Å². The van der Waals surface area contributed by atoms with Crippen molar-refractivity contribution in [2.75, 3.05) is 11.9 Å². The van der Waals surface area contributed by atoms with Crippen LogP contribution >= 0.6 is 0 Å². The van der Waals surface area contributed by atoms with Crippen molar-refractivity contribution in [3.8, 4) is 0 Å². The fraction of sp³-hybridized carbons (Fsp3) is 0.357. The highest BCUT2D eigenvalue weighted by atomic mass is 16.6. The van der Waals surface area contributed by atoms with Crippen molar-refractivity contribution < 1.29 is 14.8 Å². The van der Waals surface area contributed by atoms with Crippen LogP contribution in [-0.4, -0.2) is 22.5 Å². The molecular formula is C14H16N2O4. The molecule has 106 valence electrons. The lowest BCUT2D eigenvalue weighted by molar-refractivity contribution is -0.384. The first-order valence-electron chi connectivity index (χ1n) is 6.48. The summed E-state index contributed by atoms with van der Waals surface area (Å²) in [5, 5.41) is 22.9. The molecule has 0 saturated heterocycles. The largest absolute Gasteiger partial charge is 0.478 e. The lowest BCUT2D eigenvalue weighted by Gasteiger charge is -2.19. The topological polar surface area (TPSA) is 92.5 Å². The molecule has 0 fully saturated rings. The van der Waals surface area contributed by atoms with Crippen LogP contribution in [0.5, 0.6) is 0 Å². The Balaban J connectivity index is 2.14. The molecule has 1 unspecified atom stereocenters. The Kier molecular flexibility index (Phi) is 4.34. The highest BCUT2D eigenvalue weighted by molar-refractivity contribution is 5.94. The number of nitro groups is 1. The molecule has 1 aromatic carbocycles. The predicted octanol–water partition coefficient (Wildman–Crippen LogP) is 3.06. The van der Waals surface area contributed by atoms with E-state index in [0.717, 1.165) is 19.3 Å². The number of nitrogens with one attached hydrogen (secondary N) is 1. The molecule has 6 nitrogen and oxygen atoms in total. The SMILES string of the molecule is O=C(O)c1ccc([N+](=O)[O-])cc1NCC1CC=CCC1. The van der Waals surface area contributed by atoms with E-state index in [1.807, 2.05) is 0 Å². The number of nitro benzene ring substituents is 1. The number of aromatic carboxylic acids is 1. The van der Waals surface area contributed by atoms with Gasteiger partial charge in [0.2, 0.25) is 0 Å². The van der Waals surface area contributed by atoms with Crippen molar-refractivity contribution in [1.29, 1.82) is 0 Å². The number of rotatable bonds is 5. The van der Waals surface area contributed by atoms with Gasteiger partial charge in [-0.2, -0.15) is 0 Å². The minimum Gasteiger partial charge on any atom is -0.478 e. The molecule has 1 aliphatic carbocycles. The van der Waals surface area contributed by atoms with Crippen molar-refractivity contribution in [2.45, 2.75) is 19.3 Å². The number of nitrogens with zero attached hydrogens (tertiary/aromatic N) is 1. The summed E-state index contributed by atoms with van der Waals surface area (Å²) < 4.78 is 0. The Morgan fingerprint density at radius 1 is 1.45 bits per heavy atom. The molecule has 0 spiro atoms. The molecule has 6 heteroatoms. The third kappa shape index (κ3) is 3.34. The molecule has 2 N–H and O–H groups in total. The lowest BCUT2D eigenvalue weighted by Crippen LogP contribution is -2.17. The Morgan fingerprint density at radius 3 is 2.85 bits per heavy atom. The average Bonchev–Trinajstić information content (AvgIpc) is 2.45. The van der Waals surface area contributed by atoms with E-state index in [-0.39, 0.29) is 11.3 Å². The van der Waals surface area contributed by atoms with Gasteiger partial charge < -0.3 is 10.4 Å². The van der Waals surface area contributed by atoms with E-state index in [9.17, 15) is 14.9 Å². The molecule has 0 bridgehead atoms. The molecular weight excluding hydrogens is 260 g/mol. The van der Waals surface area contributed by atoms with Crippen molar-refractivity contribution in [2.24, 2.45) is 5.92 Å². The van der Waals surface area contributed by atoms with Gasteiger partial charge in [-0.05, 0) is 31.2 Å². The predicted molar refractivity (Wildman–Crippen MR) is 75.0 cm³/mol. The molecule has 0 aromatic heterocycles. The number of hydrogen-bond donors (Lipinski definition) is 2. The molecule has 20 heavy (non-hydrogen) atoms. The van der Waals surface area contributed by atoms with Crippen molar-refractivity contribution >= 4 is 17.3 Å². The van der Waals surface area contributed by atoms with Crippen LogP contribution in [0.4, 0.5) is 11.4 Å². The van der Waals surface area contributed by atoms with E-state index < -0.39 is 10.9 Å². The monoisotopic (exact) mass is 276 g/mol. The number of benzene rings is 1. The highest BCUT2D eigenvalue weighted by Gasteiger charge is 2.17. The zero-order valence-electron chi connectivity index (χ0n) is 10.9. The zero-order chi connectivity index (χ0) is 14.5. The molecule has 1 atom stereocenters. The average molecular weight is 276 g/mol.